The van der Waals surface area contributed by atoms with Crippen LogP contribution in [0.1, 0.15) is 17.9 Å². The Labute approximate surface area is 291 Å². The van der Waals surface area contributed by atoms with Crippen LogP contribution in [-0.2, 0) is 0 Å². The Balaban J connectivity index is 1.08. The van der Waals surface area contributed by atoms with Gasteiger partial charge in [-0.1, -0.05) is 140 Å². The molecule has 0 radical (unpaired) electrons. The molecule has 0 fully saturated rings. The van der Waals surface area contributed by atoms with Crippen LogP contribution in [0, 0.1) is 0 Å². The molecule has 7 aromatic carbocycles. The summed E-state index contributed by atoms with van der Waals surface area (Å²) in [4.78, 5) is 0. The summed E-state index contributed by atoms with van der Waals surface area (Å²) < 4.78 is 4.86. The summed E-state index contributed by atoms with van der Waals surface area (Å²) in [5.41, 5.74) is 12.3. The van der Waals surface area contributed by atoms with E-state index in [-0.39, 0.29) is 5.92 Å². The van der Waals surface area contributed by atoms with Crippen LogP contribution in [0.15, 0.2) is 176 Å². The molecule has 236 valence electrons. The highest BCUT2D eigenvalue weighted by atomic mass is 15.0. The molecule has 1 unspecified atom stereocenters. The van der Waals surface area contributed by atoms with Gasteiger partial charge in [-0.25, -0.2) is 0 Å². The van der Waals surface area contributed by atoms with E-state index in [9.17, 15) is 0 Å². The van der Waals surface area contributed by atoms with E-state index >= 15 is 0 Å². The molecule has 2 heteroatoms. The third-order valence-corrected chi connectivity index (χ3v) is 10.5. The highest BCUT2D eigenvalue weighted by molar-refractivity contribution is 6.09. The van der Waals surface area contributed by atoms with Gasteiger partial charge in [0.2, 0.25) is 0 Å². The molecule has 2 nitrogen and oxygen atoms in total. The van der Waals surface area contributed by atoms with Crippen molar-refractivity contribution in [3.8, 4) is 33.6 Å². The summed E-state index contributed by atoms with van der Waals surface area (Å²) in [5.74, 6) is 0.287. The highest BCUT2D eigenvalue weighted by Crippen LogP contribution is 2.36. The summed E-state index contributed by atoms with van der Waals surface area (Å²) in [5, 5.41) is 6.48. The molecule has 0 aliphatic heterocycles. The second-order valence-electron chi connectivity index (χ2n) is 13.3. The van der Waals surface area contributed by atoms with Gasteiger partial charge in [0.1, 0.15) is 0 Å². The van der Waals surface area contributed by atoms with Gasteiger partial charge >= 0.3 is 0 Å². The van der Waals surface area contributed by atoms with E-state index in [1.807, 2.05) is 0 Å². The lowest BCUT2D eigenvalue weighted by atomic mass is 9.90. The van der Waals surface area contributed by atoms with Gasteiger partial charge in [-0.2, -0.15) is 0 Å². The summed E-state index contributed by atoms with van der Waals surface area (Å²) in [6.45, 7) is 0. The van der Waals surface area contributed by atoms with Crippen molar-refractivity contribution in [2.45, 2.75) is 12.3 Å². The zero-order valence-electron chi connectivity index (χ0n) is 27.6. The number of para-hydroxylation sites is 2. The Bertz CT molecular complexity index is 2820. The molecule has 2 heterocycles. The van der Waals surface area contributed by atoms with Gasteiger partial charge in [-0.05, 0) is 82.8 Å². The van der Waals surface area contributed by atoms with Crippen LogP contribution in [0.25, 0.3) is 78.5 Å². The van der Waals surface area contributed by atoms with Crippen LogP contribution >= 0.6 is 0 Å². The molecule has 10 rings (SSSR count). The van der Waals surface area contributed by atoms with Crippen molar-refractivity contribution in [1.29, 1.82) is 0 Å². The van der Waals surface area contributed by atoms with Crippen LogP contribution in [0.4, 0.5) is 0 Å². The first-order chi connectivity index (χ1) is 24.8. The molecule has 0 bridgehead atoms. The first kappa shape index (κ1) is 28.6. The van der Waals surface area contributed by atoms with Crippen LogP contribution in [0.3, 0.4) is 0 Å². The molecular formula is C48H34N2. The fourth-order valence-corrected chi connectivity index (χ4v) is 8.07. The number of hydrogen-bond acceptors (Lipinski definition) is 0. The Kier molecular flexibility index (Phi) is 6.67. The molecule has 2 aromatic heterocycles. The number of nitrogens with zero attached hydrogens (tertiary/aromatic N) is 2. The van der Waals surface area contributed by atoms with E-state index in [1.54, 1.807) is 0 Å². The molecular weight excluding hydrogens is 605 g/mol. The maximum Gasteiger partial charge on any atom is 0.0541 e. The number of rotatable bonds is 5. The van der Waals surface area contributed by atoms with Crippen LogP contribution in [0.2, 0.25) is 0 Å². The van der Waals surface area contributed by atoms with E-state index < -0.39 is 0 Å². The third kappa shape index (κ3) is 4.64. The number of hydrogen-bond donors (Lipinski definition) is 0. The zero-order valence-corrected chi connectivity index (χ0v) is 27.6. The first-order valence-electron chi connectivity index (χ1n) is 17.5. The van der Waals surface area contributed by atoms with Crippen LogP contribution < -0.4 is 10.6 Å². The van der Waals surface area contributed by atoms with E-state index in [4.69, 9.17) is 0 Å². The SMILES string of the molecule is C1=c2c(n(-c3ccc(-c4ccccc4)cc3)c3ccccc23)=CCC1c1ccc2c(c1)c1ccccc1n2-c1cccc(-c2ccccc2)c1. The molecule has 1 aliphatic rings. The van der Waals surface area contributed by atoms with E-state index in [0.717, 1.165) is 6.42 Å². The van der Waals surface area contributed by atoms with Crippen molar-refractivity contribution in [3.63, 3.8) is 0 Å². The van der Waals surface area contributed by atoms with Gasteiger partial charge in [0.15, 0.2) is 0 Å². The summed E-state index contributed by atoms with van der Waals surface area (Å²) in [7, 11) is 0. The minimum Gasteiger partial charge on any atom is -0.310 e. The van der Waals surface area contributed by atoms with Crippen molar-refractivity contribution >= 4 is 44.9 Å². The van der Waals surface area contributed by atoms with Crippen molar-refractivity contribution in [2.75, 3.05) is 0 Å². The standard InChI is InChI=1S/C48H34N2/c1-3-12-33(13-4-1)35-22-26-39(27-23-35)49-45-20-9-7-18-41(45)43-31-37(24-28-47(43)49)38-25-29-48-44(32-38)42-19-8-10-21-46(42)50(48)40-17-11-16-36(30-40)34-14-5-2-6-15-34/h1-23,25-32,37H,24H2. The quantitative estimate of drug-likeness (QED) is 0.178. The normalized spacial score (nSPS) is 14.0. The molecule has 1 aliphatic carbocycles. The van der Waals surface area contributed by atoms with Crippen molar-refractivity contribution in [1.82, 2.24) is 9.13 Å². The Hall–Kier alpha value is -6.38. The van der Waals surface area contributed by atoms with Crippen molar-refractivity contribution < 1.29 is 0 Å². The van der Waals surface area contributed by atoms with Gasteiger partial charge in [0, 0.05) is 44.0 Å². The largest absolute Gasteiger partial charge is 0.310 e. The summed E-state index contributed by atoms with van der Waals surface area (Å²) in [6, 6.07) is 63.9. The number of fused-ring (bicyclic) bond motifs is 6. The zero-order chi connectivity index (χ0) is 33.0. The topological polar surface area (TPSA) is 9.86 Å². The average Bonchev–Trinajstić information content (AvgIpc) is 3.71. The monoisotopic (exact) mass is 638 g/mol. The fourth-order valence-electron chi connectivity index (χ4n) is 8.07. The van der Waals surface area contributed by atoms with Crippen molar-refractivity contribution in [3.05, 3.63) is 192 Å². The highest BCUT2D eigenvalue weighted by Gasteiger charge is 2.19. The lowest BCUT2D eigenvalue weighted by molar-refractivity contribution is 0.909. The van der Waals surface area contributed by atoms with Gasteiger partial charge in [0.05, 0.1) is 16.6 Å². The van der Waals surface area contributed by atoms with Crippen LogP contribution in [0.5, 0.6) is 0 Å². The summed E-state index contributed by atoms with van der Waals surface area (Å²) >= 11 is 0. The Morgan fingerprint density at radius 3 is 1.76 bits per heavy atom. The van der Waals surface area contributed by atoms with Crippen molar-refractivity contribution in [2.24, 2.45) is 0 Å². The molecule has 0 spiro atoms. The lowest BCUT2D eigenvalue weighted by Crippen LogP contribution is -2.31. The fraction of sp³-hybridized carbons (Fsp3) is 0.0417. The minimum absolute atomic E-state index is 0.287. The minimum atomic E-state index is 0.287. The molecule has 0 N–H and O–H groups in total. The van der Waals surface area contributed by atoms with E-state index in [1.165, 1.54) is 82.5 Å². The second-order valence-corrected chi connectivity index (χ2v) is 13.3. The number of benzene rings is 7. The van der Waals surface area contributed by atoms with Gasteiger partial charge < -0.3 is 9.13 Å². The molecule has 50 heavy (non-hydrogen) atoms. The lowest BCUT2D eigenvalue weighted by Gasteiger charge is -2.16. The molecule has 0 saturated carbocycles. The predicted octanol–water partition coefficient (Wildman–Crippen LogP) is 10.8. The number of aromatic nitrogens is 2. The average molecular weight is 639 g/mol. The molecule has 9 aromatic rings. The second kappa shape index (κ2) is 11.6. The van der Waals surface area contributed by atoms with Crippen LogP contribution in [-0.4, -0.2) is 9.13 Å². The molecule has 0 saturated heterocycles. The third-order valence-electron chi connectivity index (χ3n) is 10.5. The Morgan fingerprint density at radius 2 is 1.00 bits per heavy atom. The van der Waals surface area contributed by atoms with E-state index in [2.05, 4.69) is 197 Å². The van der Waals surface area contributed by atoms with Gasteiger partial charge in [-0.3, -0.25) is 0 Å². The maximum absolute atomic E-state index is 2.51. The smallest absolute Gasteiger partial charge is 0.0541 e. The maximum atomic E-state index is 2.51. The molecule has 1 atom stereocenters. The Morgan fingerprint density at radius 1 is 0.400 bits per heavy atom. The van der Waals surface area contributed by atoms with Gasteiger partial charge in [-0.15, -0.1) is 0 Å². The molecule has 0 amide bonds. The van der Waals surface area contributed by atoms with Gasteiger partial charge in [0.25, 0.3) is 0 Å². The predicted molar refractivity (Wildman–Crippen MR) is 210 cm³/mol. The summed E-state index contributed by atoms with van der Waals surface area (Å²) in [6.07, 6.45) is 5.92. The first-order valence-corrected chi connectivity index (χ1v) is 17.5. The van der Waals surface area contributed by atoms with E-state index in [0.29, 0.717) is 0 Å².